The first-order chi connectivity index (χ1) is 6.54. The van der Waals surface area contributed by atoms with Gasteiger partial charge in [0, 0.05) is 13.2 Å². The normalized spacial score (nSPS) is 25.3. The Morgan fingerprint density at radius 3 is 2.64 bits per heavy atom. The van der Waals surface area contributed by atoms with Crippen molar-refractivity contribution in [2.24, 2.45) is 0 Å². The molecule has 1 aliphatic rings. The van der Waals surface area contributed by atoms with E-state index in [1.54, 1.807) is 0 Å². The van der Waals surface area contributed by atoms with Crippen molar-refractivity contribution in [1.29, 1.82) is 0 Å². The number of nitrogens with one attached hydrogen (secondary N) is 1. The van der Waals surface area contributed by atoms with Crippen molar-refractivity contribution in [2.75, 3.05) is 13.7 Å². The second-order valence-corrected chi connectivity index (χ2v) is 3.64. The Morgan fingerprint density at radius 2 is 2.21 bits per heavy atom. The molecule has 1 fully saturated rings. The van der Waals surface area contributed by atoms with Crippen molar-refractivity contribution in [3.8, 4) is 0 Å². The highest BCUT2D eigenvalue weighted by molar-refractivity contribution is 4.77. The van der Waals surface area contributed by atoms with Gasteiger partial charge in [-0.2, -0.15) is 13.2 Å². The Kier molecular flexibility index (Phi) is 4.19. The van der Waals surface area contributed by atoms with E-state index in [2.05, 4.69) is 10.1 Å². The zero-order valence-electron chi connectivity index (χ0n) is 8.23. The molecule has 0 amide bonds. The van der Waals surface area contributed by atoms with Crippen LogP contribution in [0.5, 0.6) is 0 Å². The summed E-state index contributed by atoms with van der Waals surface area (Å²) in [6.45, 7) is 0.925. The molecule has 0 aliphatic carbocycles. The van der Waals surface area contributed by atoms with Crippen molar-refractivity contribution in [3.05, 3.63) is 0 Å². The monoisotopic (exact) mass is 211 g/mol. The average Bonchev–Trinajstić information content (AvgIpc) is 2.55. The number of alkyl halides is 3. The number of ether oxygens (including phenoxy) is 1. The van der Waals surface area contributed by atoms with Crippen molar-refractivity contribution < 1.29 is 17.9 Å². The molecule has 0 aromatic rings. The van der Waals surface area contributed by atoms with Gasteiger partial charge in [-0.05, 0) is 32.2 Å². The second-order valence-electron chi connectivity index (χ2n) is 3.64. The maximum absolute atomic E-state index is 12.2. The van der Waals surface area contributed by atoms with Crippen LogP contribution < -0.4 is 5.32 Å². The molecule has 0 aromatic carbocycles. The SMILES string of the molecule is COC(CCC1CCCN1)C(F)(F)F. The van der Waals surface area contributed by atoms with Crippen LogP contribution in [0.15, 0.2) is 0 Å². The van der Waals surface area contributed by atoms with Crippen LogP contribution >= 0.6 is 0 Å². The minimum absolute atomic E-state index is 0.0532. The summed E-state index contributed by atoms with van der Waals surface area (Å²) in [5, 5.41) is 3.16. The Labute approximate surface area is 81.8 Å². The summed E-state index contributed by atoms with van der Waals surface area (Å²) >= 11 is 0. The molecule has 2 unspecified atom stereocenters. The third kappa shape index (κ3) is 3.46. The largest absolute Gasteiger partial charge is 0.414 e. The van der Waals surface area contributed by atoms with Crippen molar-refractivity contribution >= 4 is 0 Å². The van der Waals surface area contributed by atoms with Crippen LogP contribution in [0.25, 0.3) is 0 Å². The molecule has 2 nitrogen and oxygen atoms in total. The quantitative estimate of drug-likeness (QED) is 0.768. The van der Waals surface area contributed by atoms with Gasteiger partial charge in [-0.3, -0.25) is 0 Å². The van der Waals surface area contributed by atoms with E-state index in [9.17, 15) is 13.2 Å². The standard InChI is InChI=1S/C9H16F3NO/c1-14-8(9(10,11)12)5-4-7-3-2-6-13-7/h7-8,13H,2-6H2,1H3. The zero-order valence-corrected chi connectivity index (χ0v) is 8.23. The van der Waals surface area contributed by atoms with Crippen molar-refractivity contribution in [3.63, 3.8) is 0 Å². The lowest BCUT2D eigenvalue weighted by molar-refractivity contribution is -0.214. The fourth-order valence-electron chi connectivity index (χ4n) is 1.77. The third-order valence-corrected chi connectivity index (χ3v) is 2.59. The second kappa shape index (κ2) is 4.98. The van der Waals surface area contributed by atoms with Crippen LogP contribution in [0.2, 0.25) is 0 Å². The third-order valence-electron chi connectivity index (χ3n) is 2.59. The Hall–Kier alpha value is -0.290. The Bertz CT molecular complexity index is 166. The van der Waals surface area contributed by atoms with Gasteiger partial charge in [-0.15, -0.1) is 0 Å². The van der Waals surface area contributed by atoms with E-state index in [1.807, 2.05) is 0 Å². The van der Waals surface area contributed by atoms with Crippen LogP contribution in [0.4, 0.5) is 13.2 Å². The number of hydrogen-bond acceptors (Lipinski definition) is 2. The molecule has 1 N–H and O–H groups in total. The van der Waals surface area contributed by atoms with Crippen LogP contribution in [0.3, 0.4) is 0 Å². The van der Waals surface area contributed by atoms with E-state index in [0.29, 0.717) is 6.42 Å². The fraction of sp³-hybridized carbons (Fsp3) is 1.00. The lowest BCUT2D eigenvalue weighted by atomic mass is 10.1. The maximum atomic E-state index is 12.2. The predicted molar refractivity (Wildman–Crippen MR) is 47.1 cm³/mol. The van der Waals surface area contributed by atoms with E-state index in [4.69, 9.17) is 0 Å². The lowest BCUT2D eigenvalue weighted by Crippen LogP contribution is -2.33. The summed E-state index contributed by atoms with van der Waals surface area (Å²) in [7, 11) is 1.11. The van der Waals surface area contributed by atoms with Gasteiger partial charge >= 0.3 is 6.18 Å². The van der Waals surface area contributed by atoms with Gasteiger partial charge in [0.25, 0.3) is 0 Å². The highest BCUT2D eigenvalue weighted by Crippen LogP contribution is 2.27. The van der Waals surface area contributed by atoms with Gasteiger partial charge in [0.05, 0.1) is 0 Å². The van der Waals surface area contributed by atoms with E-state index in [-0.39, 0.29) is 12.5 Å². The van der Waals surface area contributed by atoms with E-state index in [0.717, 1.165) is 26.5 Å². The molecule has 1 saturated heterocycles. The van der Waals surface area contributed by atoms with Crippen LogP contribution in [-0.2, 0) is 4.74 Å². The first-order valence-corrected chi connectivity index (χ1v) is 4.87. The number of rotatable bonds is 4. The summed E-state index contributed by atoms with van der Waals surface area (Å²) in [6.07, 6.45) is -3.20. The highest BCUT2D eigenvalue weighted by atomic mass is 19.4. The van der Waals surface area contributed by atoms with Gasteiger partial charge in [0.15, 0.2) is 6.10 Å². The van der Waals surface area contributed by atoms with Crippen LogP contribution in [0, 0.1) is 0 Å². The molecule has 0 spiro atoms. The predicted octanol–water partition coefficient (Wildman–Crippen LogP) is 2.10. The summed E-state index contributed by atoms with van der Waals surface area (Å²) in [5.74, 6) is 0. The van der Waals surface area contributed by atoms with Crippen LogP contribution in [0.1, 0.15) is 25.7 Å². The first kappa shape index (κ1) is 11.8. The maximum Gasteiger partial charge on any atom is 0.414 e. The van der Waals surface area contributed by atoms with Crippen LogP contribution in [-0.4, -0.2) is 32.0 Å². The van der Waals surface area contributed by atoms with Gasteiger partial charge in [-0.1, -0.05) is 0 Å². The van der Waals surface area contributed by atoms with E-state index in [1.165, 1.54) is 0 Å². The summed E-state index contributed by atoms with van der Waals surface area (Å²) in [4.78, 5) is 0. The summed E-state index contributed by atoms with van der Waals surface area (Å²) < 4.78 is 41.2. The van der Waals surface area contributed by atoms with Gasteiger partial charge in [0.1, 0.15) is 0 Å². The fourth-order valence-corrected chi connectivity index (χ4v) is 1.77. The minimum Gasteiger partial charge on any atom is -0.372 e. The molecule has 84 valence electrons. The van der Waals surface area contributed by atoms with Gasteiger partial charge in [-0.25, -0.2) is 0 Å². The molecule has 1 aliphatic heterocycles. The van der Waals surface area contributed by atoms with E-state index < -0.39 is 12.3 Å². The summed E-state index contributed by atoms with van der Waals surface area (Å²) in [5.41, 5.74) is 0. The molecule has 2 atom stereocenters. The summed E-state index contributed by atoms with van der Waals surface area (Å²) in [6, 6.07) is 0.245. The number of methoxy groups -OCH3 is 1. The minimum atomic E-state index is -4.23. The molecule has 0 bridgehead atoms. The highest BCUT2D eigenvalue weighted by Gasteiger charge is 2.39. The number of hydrogen-bond donors (Lipinski definition) is 1. The average molecular weight is 211 g/mol. The Morgan fingerprint density at radius 1 is 1.50 bits per heavy atom. The van der Waals surface area contributed by atoms with Crippen molar-refractivity contribution in [2.45, 2.75) is 44.0 Å². The molecule has 14 heavy (non-hydrogen) atoms. The lowest BCUT2D eigenvalue weighted by Gasteiger charge is -2.20. The van der Waals surface area contributed by atoms with Gasteiger partial charge < -0.3 is 10.1 Å². The topological polar surface area (TPSA) is 21.3 Å². The molecule has 0 aromatic heterocycles. The smallest absolute Gasteiger partial charge is 0.372 e. The Balaban J connectivity index is 2.26. The van der Waals surface area contributed by atoms with Gasteiger partial charge in [0.2, 0.25) is 0 Å². The molecule has 5 heteroatoms. The molecular weight excluding hydrogens is 195 g/mol. The first-order valence-electron chi connectivity index (χ1n) is 4.87. The molecule has 1 rings (SSSR count). The molecular formula is C9H16F3NO. The molecule has 1 heterocycles. The zero-order chi connectivity index (χ0) is 10.6. The molecule has 0 radical (unpaired) electrons. The molecule has 0 saturated carbocycles. The van der Waals surface area contributed by atoms with Crippen molar-refractivity contribution in [1.82, 2.24) is 5.32 Å². The number of halogens is 3. The van der Waals surface area contributed by atoms with E-state index >= 15 is 0 Å².